The number of carbonyl (C=O) groups is 2. The molecule has 0 bridgehead atoms. The van der Waals surface area contributed by atoms with Crippen LogP contribution in [0.1, 0.15) is 23.7 Å². The molecule has 1 saturated carbocycles. The fourth-order valence-corrected chi connectivity index (χ4v) is 2.37. The number of nitrogens with one attached hydrogen (secondary N) is 3. The van der Waals surface area contributed by atoms with E-state index >= 15 is 0 Å². The fraction of sp³-hybridized carbons (Fsp3) is 0.235. The van der Waals surface area contributed by atoms with Crippen molar-refractivity contribution in [2.45, 2.75) is 13.3 Å². The maximum atomic E-state index is 12.2. The van der Waals surface area contributed by atoms with Crippen molar-refractivity contribution in [3.63, 3.8) is 0 Å². The van der Waals surface area contributed by atoms with Crippen LogP contribution in [0.3, 0.4) is 0 Å². The predicted octanol–water partition coefficient (Wildman–Crippen LogP) is 2.22. The molecule has 3 N–H and O–H groups in total. The van der Waals surface area contributed by atoms with Crippen LogP contribution in [0.5, 0.6) is 0 Å². The highest BCUT2D eigenvalue weighted by Crippen LogP contribution is 2.38. The molecule has 118 valence electrons. The Kier molecular flexibility index (Phi) is 3.97. The molecule has 2 aromatic rings. The van der Waals surface area contributed by atoms with E-state index in [1.807, 2.05) is 6.92 Å². The zero-order valence-electron chi connectivity index (χ0n) is 12.6. The summed E-state index contributed by atoms with van der Waals surface area (Å²) in [7, 11) is 0. The minimum absolute atomic E-state index is 0.0189. The number of amides is 2. The van der Waals surface area contributed by atoms with Crippen molar-refractivity contribution in [3.05, 3.63) is 58.5 Å². The lowest BCUT2D eigenvalue weighted by Crippen LogP contribution is -2.19. The lowest BCUT2D eigenvalue weighted by Gasteiger charge is -2.08. The number of aromatic nitrogens is 1. The number of anilines is 2. The highest BCUT2D eigenvalue weighted by Gasteiger charge is 2.39. The van der Waals surface area contributed by atoms with Gasteiger partial charge in [0.1, 0.15) is 5.69 Å². The van der Waals surface area contributed by atoms with Gasteiger partial charge >= 0.3 is 0 Å². The highest BCUT2D eigenvalue weighted by molar-refractivity contribution is 6.05. The Morgan fingerprint density at radius 2 is 2.00 bits per heavy atom. The van der Waals surface area contributed by atoms with Gasteiger partial charge in [0.2, 0.25) is 11.3 Å². The number of hydrogen-bond donors (Lipinski definition) is 3. The molecule has 1 fully saturated rings. The summed E-state index contributed by atoms with van der Waals surface area (Å²) in [6.07, 6.45) is 3.83. The summed E-state index contributed by atoms with van der Waals surface area (Å²) in [4.78, 5) is 38.5. The Hall–Kier alpha value is -2.89. The monoisotopic (exact) mass is 311 g/mol. The number of H-pyrrole nitrogens is 1. The third-order valence-electron chi connectivity index (χ3n) is 3.91. The third kappa shape index (κ3) is 3.48. The molecule has 1 aromatic heterocycles. The SMILES string of the molecule is C[C@H]1C[C@@H]1C(=O)Nc1cccc(C(=O)Nc2c[nH]ccc2=O)c1. The van der Waals surface area contributed by atoms with Crippen molar-refractivity contribution in [2.24, 2.45) is 11.8 Å². The van der Waals surface area contributed by atoms with E-state index in [1.54, 1.807) is 24.3 Å². The fourth-order valence-electron chi connectivity index (χ4n) is 2.37. The van der Waals surface area contributed by atoms with E-state index in [9.17, 15) is 14.4 Å². The first kappa shape index (κ1) is 15.0. The van der Waals surface area contributed by atoms with Gasteiger partial charge in [0.15, 0.2) is 0 Å². The van der Waals surface area contributed by atoms with Crippen molar-refractivity contribution in [3.8, 4) is 0 Å². The minimum atomic E-state index is -0.405. The lowest BCUT2D eigenvalue weighted by molar-refractivity contribution is -0.117. The average molecular weight is 311 g/mol. The molecule has 1 heterocycles. The summed E-state index contributed by atoms with van der Waals surface area (Å²) in [5, 5.41) is 5.37. The van der Waals surface area contributed by atoms with Gasteiger partial charge in [-0.25, -0.2) is 0 Å². The van der Waals surface area contributed by atoms with Crippen LogP contribution in [-0.2, 0) is 4.79 Å². The molecule has 0 saturated heterocycles. The van der Waals surface area contributed by atoms with Crippen molar-refractivity contribution in [1.29, 1.82) is 0 Å². The molecule has 0 radical (unpaired) electrons. The first-order valence-electron chi connectivity index (χ1n) is 7.44. The predicted molar refractivity (Wildman–Crippen MR) is 87.4 cm³/mol. The van der Waals surface area contributed by atoms with E-state index in [0.717, 1.165) is 6.42 Å². The summed E-state index contributed by atoms with van der Waals surface area (Å²) >= 11 is 0. The number of hydrogen-bond acceptors (Lipinski definition) is 3. The standard InChI is InChI=1S/C17H17N3O3/c1-10-7-13(10)17(23)19-12-4-2-3-11(8-12)16(22)20-14-9-18-6-5-15(14)21/h2-6,8-10,13H,7H2,1H3,(H,18,21)(H,19,23)(H,20,22)/t10-,13-/m0/s1. The molecule has 2 amide bonds. The quantitative estimate of drug-likeness (QED) is 0.808. The van der Waals surface area contributed by atoms with Crippen LogP contribution in [0.25, 0.3) is 0 Å². The molecule has 6 heteroatoms. The third-order valence-corrected chi connectivity index (χ3v) is 3.91. The van der Waals surface area contributed by atoms with E-state index in [2.05, 4.69) is 15.6 Å². The van der Waals surface area contributed by atoms with E-state index in [0.29, 0.717) is 17.2 Å². The Bertz CT molecular complexity index is 812. The van der Waals surface area contributed by atoms with Crippen molar-refractivity contribution in [1.82, 2.24) is 4.98 Å². The Balaban J connectivity index is 1.71. The summed E-state index contributed by atoms with van der Waals surface area (Å²) in [5.41, 5.74) is 0.849. The van der Waals surface area contributed by atoms with E-state index in [4.69, 9.17) is 0 Å². The first-order chi connectivity index (χ1) is 11.0. The molecule has 1 aliphatic carbocycles. The minimum Gasteiger partial charge on any atom is -0.366 e. The topological polar surface area (TPSA) is 91.1 Å². The highest BCUT2D eigenvalue weighted by atomic mass is 16.2. The maximum Gasteiger partial charge on any atom is 0.255 e. The number of aromatic amines is 1. The van der Waals surface area contributed by atoms with Gasteiger partial charge in [-0.1, -0.05) is 13.0 Å². The van der Waals surface area contributed by atoms with Crippen molar-refractivity contribution in [2.75, 3.05) is 10.6 Å². The van der Waals surface area contributed by atoms with E-state index < -0.39 is 5.91 Å². The summed E-state index contributed by atoms with van der Waals surface area (Å²) in [6, 6.07) is 7.98. The van der Waals surface area contributed by atoms with Gasteiger partial charge in [0, 0.05) is 35.6 Å². The summed E-state index contributed by atoms with van der Waals surface area (Å²) in [6.45, 7) is 2.03. The Morgan fingerprint density at radius 3 is 2.70 bits per heavy atom. The normalized spacial score (nSPS) is 19.0. The Labute approximate surface area is 132 Å². The second kappa shape index (κ2) is 6.08. The molecular weight excluding hydrogens is 294 g/mol. The molecule has 23 heavy (non-hydrogen) atoms. The average Bonchev–Trinajstić information content (AvgIpc) is 3.27. The van der Waals surface area contributed by atoms with Gasteiger partial charge in [0.05, 0.1) is 0 Å². The lowest BCUT2D eigenvalue weighted by atomic mass is 10.1. The van der Waals surface area contributed by atoms with Crippen LogP contribution in [0.4, 0.5) is 11.4 Å². The number of carbonyl (C=O) groups excluding carboxylic acids is 2. The van der Waals surface area contributed by atoms with Gasteiger partial charge in [-0.05, 0) is 30.5 Å². The molecular formula is C17H17N3O3. The smallest absolute Gasteiger partial charge is 0.255 e. The second-order valence-electron chi connectivity index (χ2n) is 5.77. The summed E-state index contributed by atoms with van der Waals surface area (Å²) in [5.74, 6) is 0.0637. The molecule has 0 unspecified atom stereocenters. The van der Waals surface area contributed by atoms with Gasteiger partial charge < -0.3 is 15.6 Å². The Morgan fingerprint density at radius 1 is 1.22 bits per heavy atom. The first-order valence-corrected chi connectivity index (χ1v) is 7.44. The van der Waals surface area contributed by atoms with Gasteiger partial charge in [-0.3, -0.25) is 14.4 Å². The zero-order valence-corrected chi connectivity index (χ0v) is 12.6. The van der Waals surface area contributed by atoms with Crippen LogP contribution >= 0.6 is 0 Å². The van der Waals surface area contributed by atoms with Gasteiger partial charge in [-0.2, -0.15) is 0 Å². The van der Waals surface area contributed by atoms with E-state index in [-0.39, 0.29) is 22.9 Å². The van der Waals surface area contributed by atoms with E-state index in [1.165, 1.54) is 18.5 Å². The maximum absolute atomic E-state index is 12.2. The molecule has 2 atom stereocenters. The number of benzene rings is 1. The van der Waals surface area contributed by atoms with Crippen molar-refractivity contribution >= 4 is 23.2 Å². The molecule has 1 aliphatic rings. The van der Waals surface area contributed by atoms with Crippen LogP contribution in [0.15, 0.2) is 47.5 Å². The van der Waals surface area contributed by atoms with Gasteiger partial charge in [-0.15, -0.1) is 0 Å². The molecule has 6 nitrogen and oxygen atoms in total. The van der Waals surface area contributed by atoms with Crippen LogP contribution in [0.2, 0.25) is 0 Å². The van der Waals surface area contributed by atoms with Crippen LogP contribution in [0, 0.1) is 11.8 Å². The zero-order chi connectivity index (χ0) is 16.4. The molecule has 0 aliphatic heterocycles. The number of pyridine rings is 1. The number of rotatable bonds is 4. The largest absolute Gasteiger partial charge is 0.366 e. The van der Waals surface area contributed by atoms with Crippen molar-refractivity contribution < 1.29 is 9.59 Å². The van der Waals surface area contributed by atoms with Crippen LogP contribution in [-0.4, -0.2) is 16.8 Å². The summed E-state index contributed by atoms with van der Waals surface area (Å²) < 4.78 is 0. The second-order valence-corrected chi connectivity index (χ2v) is 5.77. The molecule has 1 aromatic carbocycles. The molecule has 0 spiro atoms. The van der Waals surface area contributed by atoms with Gasteiger partial charge in [0.25, 0.3) is 5.91 Å². The molecule has 3 rings (SSSR count). The van der Waals surface area contributed by atoms with Crippen LogP contribution < -0.4 is 16.1 Å².